The molecule has 27 heteroatoms. The molecule has 1 saturated heterocycles. The molecule has 27 nitrogen and oxygen atoms in total. The monoisotopic (exact) mass is 979 g/mol. The van der Waals surface area contributed by atoms with Crippen LogP contribution in [0, 0.1) is 0 Å². The fourth-order valence-electron chi connectivity index (χ4n) is 5.95. The van der Waals surface area contributed by atoms with Gasteiger partial charge in [0.05, 0.1) is 52.3 Å². The van der Waals surface area contributed by atoms with Crippen molar-refractivity contribution in [3.05, 3.63) is 11.5 Å². The molecule has 386 valence electrons. The highest BCUT2D eigenvalue weighted by atomic mass is 16.7. The summed E-state index contributed by atoms with van der Waals surface area (Å²) in [5, 5.41) is 20.9. The molecule has 0 aliphatic carbocycles. The van der Waals surface area contributed by atoms with Crippen molar-refractivity contribution in [2.45, 2.75) is 124 Å². The molecule has 0 aromatic carbocycles. The lowest BCUT2D eigenvalue weighted by molar-refractivity contribution is -0.279. The van der Waals surface area contributed by atoms with Crippen LogP contribution in [0.25, 0.3) is 0 Å². The number of rotatable bonds is 31. The van der Waals surface area contributed by atoms with E-state index in [9.17, 15) is 53.1 Å². The van der Waals surface area contributed by atoms with Crippen molar-refractivity contribution >= 4 is 59.4 Å². The first-order valence-corrected chi connectivity index (χ1v) is 21.3. The van der Waals surface area contributed by atoms with Crippen molar-refractivity contribution in [2.75, 3.05) is 65.9 Å². The zero-order valence-corrected chi connectivity index (χ0v) is 39.4. The molecule has 0 saturated carbocycles. The van der Waals surface area contributed by atoms with Crippen molar-refractivity contribution in [3.63, 3.8) is 0 Å². The van der Waals surface area contributed by atoms with Crippen LogP contribution in [0.4, 0.5) is 0 Å². The average Bonchev–Trinajstić information content (AvgIpc) is 3.22. The molecule has 1 fully saturated rings. The molecule has 8 atom stereocenters. The lowest BCUT2D eigenvalue weighted by atomic mass is 9.96. The smallest absolute Gasteiger partial charge is 0.307 e. The number of carbonyl (C=O) groups excluding carboxylic acids is 10. The molecule has 1 rings (SSSR count). The first-order valence-electron chi connectivity index (χ1n) is 21.3. The van der Waals surface area contributed by atoms with E-state index >= 15 is 0 Å². The molecule has 0 radical (unpaired) electrons. The van der Waals surface area contributed by atoms with Crippen molar-refractivity contribution in [2.24, 2.45) is 5.73 Å². The number of nitrogens with one attached hydrogen (secondary N) is 4. The van der Waals surface area contributed by atoms with E-state index in [0.717, 1.165) is 48.5 Å². The quantitative estimate of drug-likeness (QED) is 0.0134. The summed E-state index contributed by atoms with van der Waals surface area (Å²) in [5.41, 5.74) is 5.50. The van der Waals surface area contributed by atoms with Gasteiger partial charge >= 0.3 is 35.8 Å². The van der Waals surface area contributed by atoms with Gasteiger partial charge in [-0.15, -0.1) is 0 Å². The summed E-state index contributed by atoms with van der Waals surface area (Å²) in [6, 6.07) is -2.19. The maximum absolute atomic E-state index is 12.5. The molecular formula is C41H65N5O22. The van der Waals surface area contributed by atoms with Crippen LogP contribution in [0.15, 0.2) is 11.5 Å². The number of esters is 6. The van der Waals surface area contributed by atoms with E-state index < -0.39 is 127 Å². The van der Waals surface area contributed by atoms with E-state index in [1.807, 2.05) is 0 Å². The Hall–Kier alpha value is -5.84. The van der Waals surface area contributed by atoms with Gasteiger partial charge in [-0.05, 0) is 6.42 Å². The second-order valence-corrected chi connectivity index (χ2v) is 14.6. The van der Waals surface area contributed by atoms with Gasteiger partial charge in [0.1, 0.15) is 24.4 Å². The fraction of sp³-hybridized carbons (Fsp3) is 0.707. The number of aliphatic hydroxyl groups is 1. The Balaban J connectivity index is 2.55. The highest BCUT2D eigenvalue weighted by molar-refractivity contribution is 5.83. The van der Waals surface area contributed by atoms with Crippen LogP contribution in [0.2, 0.25) is 0 Å². The summed E-state index contributed by atoms with van der Waals surface area (Å²) >= 11 is 0. The molecule has 0 spiro atoms. The number of aliphatic hydroxyl groups excluding tert-OH is 1. The summed E-state index contributed by atoms with van der Waals surface area (Å²) in [5.74, 6) is -7.18. The largest absolute Gasteiger partial charge is 0.466 e. The number of ether oxygens (including phenoxy) is 11. The topological polar surface area (TPSA) is 367 Å². The second kappa shape index (κ2) is 32.8. The maximum atomic E-state index is 12.5. The molecule has 8 unspecified atom stereocenters. The summed E-state index contributed by atoms with van der Waals surface area (Å²) < 4.78 is 59.1. The van der Waals surface area contributed by atoms with Crippen LogP contribution in [0.5, 0.6) is 0 Å². The molecule has 1 heterocycles. The van der Waals surface area contributed by atoms with Crippen LogP contribution in [0.3, 0.4) is 0 Å². The molecule has 0 aromatic rings. The fourth-order valence-corrected chi connectivity index (χ4v) is 5.95. The summed E-state index contributed by atoms with van der Waals surface area (Å²) in [4.78, 5) is 119. The Morgan fingerprint density at radius 3 is 1.81 bits per heavy atom. The third-order valence-electron chi connectivity index (χ3n) is 8.58. The normalized spacial score (nSPS) is 19.3. The zero-order chi connectivity index (χ0) is 51.3. The van der Waals surface area contributed by atoms with Crippen LogP contribution < -0.4 is 27.0 Å². The van der Waals surface area contributed by atoms with Gasteiger partial charge in [-0.2, -0.15) is 0 Å². The molecule has 0 aromatic heterocycles. The predicted octanol–water partition coefficient (Wildman–Crippen LogP) is -2.84. The lowest BCUT2D eigenvalue weighted by Gasteiger charge is -2.44. The molecule has 1 aliphatic heterocycles. The first-order chi connectivity index (χ1) is 32.0. The Morgan fingerprint density at radius 2 is 1.25 bits per heavy atom. The van der Waals surface area contributed by atoms with Crippen LogP contribution in [-0.4, -0.2) is 180 Å². The number of carbonyl (C=O) groups is 10. The van der Waals surface area contributed by atoms with Gasteiger partial charge in [0.25, 0.3) is 0 Å². The van der Waals surface area contributed by atoms with Gasteiger partial charge in [0.2, 0.25) is 23.6 Å². The molecule has 1 aliphatic rings. The van der Waals surface area contributed by atoms with E-state index in [1.165, 1.54) is 6.92 Å². The number of nitrogens with two attached hydrogens (primary N) is 1. The predicted molar refractivity (Wildman–Crippen MR) is 226 cm³/mol. The zero-order valence-electron chi connectivity index (χ0n) is 39.4. The standard InChI is InChI=1S/C41H65N5O22/c1-22(47)45-34(36(65-27(6)52)31(64-26(5)51)11-14-60-24(3)49)40(57)61-19-17-58-15-12-43-33(55)10-9-30(42)39(56)44-13-16-59-18-20-62-41-35(46-23(2)48)38(67-29(8)54)37(66-28(7)53)32(68-41)21-63-25(4)50/h30-32,35,37-38,40-41,57H,9-21,42H2,1-8H3,(H,43,55)(H,44,56)(H,45,47)(H,46,48)/b36-34-. The average molecular weight is 980 g/mol. The van der Waals surface area contributed by atoms with E-state index in [4.69, 9.17) is 57.8 Å². The van der Waals surface area contributed by atoms with Crippen molar-refractivity contribution < 1.29 is 105 Å². The number of hydrogen-bond donors (Lipinski definition) is 6. The minimum atomic E-state index is -1.92. The maximum Gasteiger partial charge on any atom is 0.307 e. The van der Waals surface area contributed by atoms with Crippen molar-refractivity contribution in [1.29, 1.82) is 0 Å². The summed E-state index contributed by atoms with van der Waals surface area (Å²) in [7, 11) is 0. The summed E-state index contributed by atoms with van der Waals surface area (Å²) in [6.45, 7) is 7.85. The lowest BCUT2D eigenvalue weighted by Crippen LogP contribution is -2.66. The van der Waals surface area contributed by atoms with Gasteiger partial charge in [0.15, 0.2) is 36.7 Å². The number of hydrogen-bond acceptors (Lipinski definition) is 23. The van der Waals surface area contributed by atoms with Crippen molar-refractivity contribution in [3.8, 4) is 0 Å². The third kappa shape index (κ3) is 25.9. The van der Waals surface area contributed by atoms with Crippen molar-refractivity contribution in [1.82, 2.24) is 21.3 Å². The molecular weight excluding hydrogens is 914 g/mol. The first kappa shape index (κ1) is 60.2. The van der Waals surface area contributed by atoms with Crippen LogP contribution in [0.1, 0.15) is 74.7 Å². The van der Waals surface area contributed by atoms with Gasteiger partial charge < -0.3 is 84.2 Å². The van der Waals surface area contributed by atoms with E-state index in [2.05, 4.69) is 21.3 Å². The minimum Gasteiger partial charge on any atom is -0.466 e. The molecule has 0 bridgehead atoms. The van der Waals surface area contributed by atoms with Crippen LogP contribution >= 0.6 is 0 Å². The second-order valence-electron chi connectivity index (χ2n) is 14.6. The number of amides is 4. The van der Waals surface area contributed by atoms with Gasteiger partial charge in [-0.25, -0.2) is 0 Å². The van der Waals surface area contributed by atoms with Gasteiger partial charge in [0, 0.05) is 81.3 Å². The molecule has 68 heavy (non-hydrogen) atoms. The highest BCUT2D eigenvalue weighted by Crippen LogP contribution is 2.28. The summed E-state index contributed by atoms with van der Waals surface area (Å²) in [6.07, 6.45) is -8.60. The minimum absolute atomic E-state index is 0.00243. The van der Waals surface area contributed by atoms with Gasteiger partial charge in [-0.3, -0.25) is 47.9 Å². The van der Waals surface area contributed by atoms with Crippen LogP contribution in [-0.2, 0) is 100 Å². The Morgan fingerprint density at radius 1 is 0.647 bits per heavy atom. The molecule has 7 N–H and O–H groups in total. The Labute approximate surface area is 392 Å². The third-order valence-corrected chi connectivity index (χ3v) is 8.58. The van der Waals surface area contributed by atoms with Gasteiger partial charge in [-0.1, -0.05) is 0 Å². The van der Waals surface area contributed by atoms with E-state index in [-0.39, 0.29) is 78.6 Å². The van der Waals surface area contributed by atoms with E-state index in [1.54, 1.807) is 0 Å². The Bertz CT molecular complexity index is 1740. The highest BCUT2D eigenvalue weighted by Gasteiger charge is 2.51. The van der Waals surface area contributed by atoms with E-state index in [0.29, 0.717) is 0 Å². The molecule has 4 amide bonds. The Kier molecular flexibility index (Phi) is 29.0. The SMILES string of the molecule is CC(=O)N/C(=C(\OC(C)=O)C(CCOC(C)=O)OC(C)=O)C(O)OCCOCCNC(=O)CCC(N)C(=O)NCCOCCOC1OC(COC(C)=O)C(OC(C)=O)C(OC(C)=O)C1NC(C)=O.